The van der Waals surface area contributed by atoms with Crippen molar-refractivity contribution in [1.29, 1.82) is 0 Å². The SMILES string of the molecule is Cn1c(Br)cc2nc(CN(CC3CCC(=O)N3)C(=O)O)cc(=O)n21. The number of nitrogens with one attached hydrogen (secondary N) is 1. The lowest BCUT2D eigenvalue weighted by Gasteiger charge is -2.22. The van der Waals surface area contributed by atoms with Gasteiger partial charge in [-0.15, -0.1) is 0 Å². The first-order chi connectivity index (χ1) is 11.3. The number of carbonyl (C=O) groups excluding carboxylic acids is 1. The molecule has 1 saturated heterocycles. The Labute approximate surface area is 145 Å². The minimum absolute atomic E-state index is 0.0139. The molecule has 1 unspecified atom stereocenters. The van der Waals surface area contributed by atoms with Gasteiger partial charge in [-0.2, -0.15) is 4.52 Å². The van der Waals surface area contributed by atoms with Gasteiger partial charge in [0.15, 0.2) is 5.65 Å². The van der Waals surface area contributed by atoms with Crippen molar-refractivity contribution >= 4 is 33.6 Å². The molecular formula is C14H16BrN5O4. The molecule has 0 radical (unpaired) electrons. The Kier molecular flexibility index (Phi) is 4.31. The predicted octanol–water partition coefficient (Wildman–Crippen LogP) is 0.554. The van der Waals surface area contributed by atoms with Crippen LogP contribution in [0.1, 0.15) is 18.5 Å². The third kappa shape index (κ3) is 3.14. The number of hydrogen-bond acceptors (Lipinski definition) is 4. The fourth-order valence-electron chi connectivity index (χ4n) is 2.80. The Morgan fingerprint density at radius 1 is 1.50 bits per heavy atom. The first kappa shape index (κ1) is 16.5. The molecule has 2 N–H and O–H groups in total. The van der Waals surface area contributed by atoms with Gasteiger partial charge >= 0.3 is 6.09 Å². The van der Waals surface area contributed by atoms with Crippen LogP contribution in [-0.2, 0) is 18.4 Å². The zero-order chi connectivity index (χ0) is 17.4. The van der Waals surface area contributed by atoms with Crippen LogP contribution >= 0.6 is 15.9 Å². The summed E-state index contributed by atoms with van der Waals surface area (Å²) in [6.45, 7) is 0.153. The van der Waals surface area contributed by atoms with E-state index in [0.717, 1.165) is 4.90 Å². The van der Waals surface area contributed by atoms with Crippen LogP contribution in [0.25, 0.3) is 5.65 Å². The highest BCUT2D eigenvalue weighted by Crippen LogP contribution is 2.14. The highest BCUT2D eigenvalue weighted by molar-refractivity contribution is 9.10. The monoisotopic (exact) mass is 397 g/mol. The molecule has 3 heterocycles. The number of carbonyl (C=O) groups is 2. The van der Waals surface area contributed by atoms with Gasteiger partial charge in [-0.1, -0.05) is 0 Å². The Bertz CT molecular complexity index is 874. The number of hydrogen-bond donors (Lipinski definition) is 2. The maximum absolute atomic E-state index is 12.2. The smallest absolute Gasteiger partial charge is 0.407 e. The van der Waals surface area contributed by atoms with E-state index in [-0.39, 0.29) is 30.6 Å². The van der Waals surface area contributed by atoms with Crippen molar-refractivity contribution in [3.05, 3.63) is 32.8 Å². The van der Waals surface area contributed by atoms with E-state index in [9.17, 15) is 19.5 Å². The van der Waals surface area contributed by atoms with E-state index in [0.29, 0.717) is 28.8 Å². The Hall–Kier alpha value is -2.36. The standard InChI is InChI=1S/C14H16BrN5O4/c1-18-10(15)5-11-16-9(4-13(22)20(11)18)7-19(14(23)24)6-8-2-3-12(21)17-8/h4-5,8H,2-3,6-7H2,1H3,(H,17,21)(H,23,24). The maximum Gasteiger partial charge on any atom is 0.407 e. The number of nitrogens with zero attached hydrogens (tertiary/aromatic N) is 4. The molecule has 1 fully saturated rings. The zero-order valence-electron chi connectivity index (χ0n) is 12.9. The van der Waals surface area contributed by atoms with Crippen LogP contribution in [0, 0.1) is 0 Å². The first-order valence-electron chi connectivity index (χ1n) is 7.36. The largest absolute Gasteiger partial charge is 0.465 e. The fraction of sp³-hybridized carbons (Fsp3) is 0.429. The number of aryl methyl sites for hydroxylation is 1. The molecule has 2 amide bonds. The van der Waals surface area contributed by atoms with Crippen molar-refractivity contribution in [3.63, 3.8) is 0 Å². The van der Waals surface area contributed by atoms with E-state index < -0.39 is 6.09 Å². The van der Waals surface area contributed by atoms with Crippen molar-refractivity contribution in [2.45, 2.75) is 25.4 Å². The summed E-state index contributed by atoms with van der Waals surface area (Å²) in [6.07, 6.45) is -0.113. The van der Waals surface area contributed by atoms with Gasteiger partial charge < -0.3 is 15.3 Å². The molecule has 10 heteroatoms. The first-order valence-corrected chi connectivity index (χ1v) is 8.16. The Balaban J connectivity index is 1.84. The van der Waals surface area contributed by atoms with Crippen LogP contribution in [0.15, 0.2) is 21.5 Å². The number of carboxylic acid groups (broad SMARTS) is 1. The van der Waals surface area contributed by atoms with Gasteiger partial charge in [0, 0.05) is 38.2 Å². The molecule has 0 bridgehead atoms. The van der Waals surface area contributed by atoms with E-state index >= 15 is 0 Å². The van der Waals surface area contributed by atoms with Crippen molar-refractivity contribution in [2.75, 3.05) is 6.54 Å². The van der Waals surface area contributed by atoms with Gasteiger partial charge in [0.25, 0.3) is 5.56 Å². The second-order valence-electron chi connectivity index (χ2n) is 5.71. The average Bonchev–Trinajstić information content (AvgIpc) is 3.02. The number of fused-ring (bicyclic) bond motifs is 1. The number of halogens is 1. The third-order valence-corrected chi connectivity index (χ3v) is 4.72. The topological polar surface area (TPSA) is 109 Å². The highest BCUT2D eigenvalue weighted by atomic mass is 79.9. The van der Waals surface area contributed by atoms with Gasteiger partial charge in [-0.25, -0.2) is 9.78 Å². The van der Waals surface area contributed by atoms with E-state index in [4.69, 9.17) is 0 Å². The van der Waals surface area contributed by atoms with E-state index in [1.807, 2.05) is 0 Å². The van der Waals surface area contributed by atoms with Crippen LogP contribution in [0.3, 0.4) is 0 Å². The van der Waals surface area contributed by atoms with Gasteiger partial charge in [-0.05, 0) is 22.4 Å². The van der Waals surface area contributed by atoms with Gasteiger partial charge in [-0.3, -0.25) is 14.3 Å². The lowest BCUT2D eigenvalue weighted by atomic mass is 10.2. The molecule has 0 aromatic carbocycles. The Morgan fingerprint density at radius 2 is 2.25 bits per heavy atom. The minimum Gasteiger partial charge on any atom is -0.465 e. The predicted molar refractivity (Wildman–Crippen MR) is 87.7 cm³/mol. The molecule has 0 saturated carbocycles. The van der Waals surface area contributed by atoms with Crippen LogP contribution in [-0.4, -0.2) is 48.8 Å². The summed E-state index contributed by atoms with van der Waals surface area (Å²) in [5.41, 5.74) is 0.513. The molecule has 0 aliphatic carbocycles. The van der Waals surface area contributed by atoms with Crippen molar-refractivity contribution < 1.29 is 14.7 Å². The summed E-state index contributed by atoms with van der Waals surface area (Å²) in [6, 6.07) is 2.81. The van der Waals surface area contributed by atoms with Gasteiger partial charge in [0.05, 0.1) is 12.2 Å². The van der Waals surface area contributed by atoms with Crippen molar-refractivity contribution in [3.8, 4) is 0 Å². The lowest BCUT2D eigenvalue weighted by molar-refractivity contribution is -0.119. The van der Waals surface area contributed by atoms with Crippen molar-refractivity contribution in [2.24, 2.45) is 7.05 Å². The van der Waals surface area contributed by atoms with Crippen molar-refractivity contribution in [1.82, 2.24) is 24.4 Å². The normalized spacial score (nSPS) is 17.2. The van der Waals surface area contributed by atoms with E-state index in [2.05, 4.69) is 26.2 Å². The zero-order valence-corrected chi connectivity index (χ0v) is 14.5. The summed E-state index contributed by atoms with van der Waals surface area (Å²) in [4.78, 5) is 40.5. The molecule has 3 rings (SSSR count). The average molecular weight is 398 g/mol. The van der Waals surface area contributed by atoms with Crippen LogP contribution < -0.4 is 10.9 Å². The molecular weight excluding hydrogens is 382 g/mol. The molecule has 9 nitrogen and oxygen atoms in total. The van der Waals surface area contributed by atoms with Crippen LogP contribution in [0.2, 0.25) is 0 Å². The summed E-state index contributed by atoms with van der Waals surface area (Å²) >= 11 is 3.32. The van der Waals surface area contributed by atoms with Gasteiger partial charge in [0.2, 0.25) is 5.91 Å². The number of amides is 2. The molecule has 1 aliphatic heterocycles. The van der Waals surface area contributed by atoms with Crippen LogP contribution in [0.5, 0.6) is 0 Å². The van der Waals surface area contributed by atoms with Gasteiger partial charge in [0.1, 0.15) is 4.60 Å². The van der Waals surface area contributed by atoms with E-state index in [1.165, 1.54) is 10.6 Å². The van der Waals surface area contributed by atoms with Crippen LogP contribution in [0.4, 0.5) is 4.79 Å². The second-order valence-corrected chi connectivity index (χ2v) is 6.53. The number of rotatable bonds is 4. The minimum atomic E-state index is -1.12. The Morgan fingerprint density at radius 3 is 2.88 bits per heavy atom. The highest BCUT2D eigenvalue weighted by Gasteiger charge is 2.25. The molecule has 2 aromatic rings. The summed E-state index contributed by atoms with van der Waals surface area (Å²) in [5, 5.41) is 12.1. The lowest BCUT2D eigenvalue weighted by Crippen LogP contribution is -2.41. The quantitative estimate of drug-likeness (QED) is 0.782. The third-order valence-electron chi connectivity index (χ3n) is 3.98. The van der Waals surface area contributed by atoms with E-state index in [1.54, 1.807) is 17.8 Å². The summed E-state index contributed by atoms with van der Waals surface area (Å²) in [7, 11) is 1.71. The second kappa shape index (κ2) is 6.27. The summed E-state index contributed by atoms with van der Waals surface area (Å²) < 4.78 is 3.68. The molecule has 2 aromatic heterocycles. The fourth-order valence-corrected chi connectivity index (χ4v) is 3.16. The molecule has 0 spiro atoms. The summed E-state index contributed by atoms with van der Waals surface area (Å²) in [5.74, 6) is -0.0720. The molecule has 1 aliphatic rings. The number of aromatic nitrogens is 3. The molecule has 128 valence electrons. The molecule has 1 atom stereocenters. The maximum atomic E-state index is 12.2. The molecule has 24 heavy (non-hydrogen) atoms.